The number of fused-ring (bicyclic) bond motifs is 3. The van der Waals surface area contributed by atoms with Gasteiger partial charge in [-0.15, -0.1) is 10.2 Å². The Morgan fingerprint density at radius 3 is 2.57 bits per heavy atom. The van der Waals surface area contributed by atoms with Gasteiger partial charge in [-0.25, -0.2) is 9.78 Å². The predicted octanol–water partition coefficient (Wildman–Crippen LogP) is 5.76. The average Bonchev–Trinajstić information content (AvgIpc) is 3.19. The summed E-state index contributed by atoms with van der Waals surface area (Å²) in [7, 11) is 1.79. The number of rotatable bonds is 4. The van der Waals surface area contributed by atoms with Gasteiger partial charge in [-0.3, -0.25) is 4.57 Å². The van der Waals surface area contributed by atoms with Crippen molar-refractivity contribution in [3.63, 3.8) is 0 Å². The molecule has 0 unspecified atom stereocenters. The van der Waals surface area contributed by atoms with Crippen LogP contribution in [0, 0.1) is 0 Å². The molecule has 3 heterocycles. The lowest BCUT2D eigenvalue weighted by Crippen LogP contribution is -2.42. The molecule has 5 rings (SSSR count). The molecule has 0 saturated heterocycles. The van der Waals surface area contributed by atoms with Gasteiger partial charge < -0.3 is 14.4 Å². The van der Waals surface area contributed by atoms with Crippen molar-refractivity contribution in [2.75, 3.05) is 7.05 Å². The number of pyridine rings is 1. The maximum atomic E-state index is 12.9. The van der Waals surface area contributed by atoms with Crippen LogP contribution in [-0.4, -0.2) is 55.5 Å². The van der Waals surface area contributed by atoms with Gasteiger partial charge in [0.05, 0.1) is 5.69 Å². The zero-order valence-electron chi connectivity index (χ0n) is 21.9. The van der Waals surface area contributed by atoms with E-state index >= 15 is 0 Å². The smallest absolute Gasteiger partial charge is 0.410 e. The third-order valence-electron chi connectivity index (χ3n) is 7.11. The van der Waals surface area contributed by atoms with Crippen LogP contribution in [0.1, 0.15) is 69.6 Å². The third kappa shape index (κ3) is 5.74. The molecule has 1 atom stereocenters. The van der Waals surface area contributed by atoms with E-state index in [9.17, 15) is 4.79 Å². The number of likely N-dealkylation sites (N-methyl/N-ethyl adjacent to an activating group) is 1. The van der Waals surface area contributed by atoms with Crippen LogP contribution in [-0.2, 0) is 17.6 Å². The number of hydrogen-bond acceptors (Lipinski definition) is 6. The molecule has 9 heteroatoms. The molecule has 0 bridgehead atoms. The van der Waals surface area contributed by atoms with Crippen LogP contribution in [0.4, 0.5) is 4.79 Å². The fourth-order valence-electron chi connectivity index (χ4n) is 5.25. The Bertz CT molecular complexity index is 1250. The number of amides is 1. The first-order valence-electron chi connectivity index (χ1n) is 12.9. The normalized spacial score (nSPS) is 21.4. The lowest BCUT2D eigenvalue weighted by atomic mass is 9.86. The SMILES string of the molecule is CN(C(=O)OC(C)(C)C)[C@@H]1Cc2cc(Cl)ccc2-n2c(nnc2C2CCC(Oc3ccccn3)CC2)C1. The number of ether oxygens (including phenoxy) is 2. The highest BCUT2D eigenvalue weighted by molar-refractivity contribution is 6.30. The Morgan fingerprint density at radius 1 is 1.08 bits per heavy atom. The summed E-state index contributed by atoms with van der Waals surface area (Å²) in [5.74, 6) is 2.76. The second-order valence-electron chi connectivity index (χ2n) is 11.0. The first-order valence-corrected chi connectivity index (χ1v) is 13.3. The summed E-state index contributed by atoms with van der Waals surface area (Å²) in [6.07, 6.45) is 6.56. The monoisotopic (exact) mass is 523 g/mol. The molecule has 2 aromatic heterocycles. The van der Waals surface area contributed by atoms with Gasteiger partial charge in [0.1, 0.15) is 23.4 Å². The highest BCUT2D eigenvalue weighted by Crippen LogP contribution is 2.37. The standard InChI is InChI=1S/C28H34ClN5O3/c1-28(2,3)37-27(35)33(4)21-16-19-15-20(29)10-13-23(19)34-24(17-21)31-32-26(34)18-8-11-22(12-9-18)36-25-7-5-6-14-30-25/h5-7,10,13-15,18,21-22H,8-9,11-12,16-17H2,1-4H3/t18?,21-,22?/m1/s1. The quantitative estimate of drug-likeness (QED) is 0.432. The summed E-state index contributed by atoms with van der Waals surface area (Å²) < 4.78 is 13.9. The summed E-state index contributed by atoms with van der Waals surface area (Å²) >= 11 is 6.41. The van der Waals surface area contributed by atoms with Gasteiger partial charge in [0, 0.05) is 42.7 Å². The Labute approximate surface area is 223 Å². The first kappa shape index (κ1) is 25.5. The van der Waals surface area contributed by atoms with Crippen LogP contribution >= 0.6 is 11.6 Å². The third-order valence-corrected chi connectivity index (χ3v) is 7.34. The molecule has 0 N–H and O–H groups in total. The molecule has 1 aliphatic carbocycles. The topological polar surface area (TPSA) is 82.4 Å². The molecular formula is C28H34ClN5O3. The fraction of sp³-hybridized carbons (Fsp3) is 0.500. The van der Waals surface area contributed by atoms with E-state index < -0.39 is 5.60 Å². The van der Waals surface area contributed by atoms with E-state index in [-0.39, 0.29) is 24.2 Å². The highest BCUT2D eigenvalue weighted by Gasteiger charge is 2.34. The Kier molecular flexibility index (Phi) is 7.12. The van der Waals surface area contributed by atoms with Crippen LogP contribution in [0.2, 0.25) is 5.02 Å². The Morgan fingerprint density at radius 2 is 1.86 bits per heavy atom. The minimum Gasteiger partial charge on any atom is -0.474 e. The fourth-order valence-corrected chi connectivity index (χ4v) is 5.44. The van der Waals surface area contributed by atoms with Crippen LogP contribution in [0.5, 0.6) is 5.88 Å². The van der Waals surface area contributed by atoms with E-state index in [1.807, 2.05) is 57.2 Å². The van der Waals surface area contributed by atoms with Crippen LogP contribution in [0.3, 0.4) is 0 Å². The van der Waals surface area contributed by atoms with Gasteiger partial charge in [-0.05, 0) is 82.7 Å². The second-order valence-corrected chi connectivity index (χ2v) is 11.4. The molecule has 1 saturated carbocycles. The van der Waals surface area contributed by atoms with Gasteiger partial charge >= 0.3 is 6.09 Å². The summed E-state index contributed by atoms with van der Waals surface area (Å²) in [5.41, 5.74) is 1.54. The number of benzene rings is 1. The van der Waals surface area contributed by atoms with Gasteiger partial charge in [0.15, 0.2) is 0 Å². The second kappa shape index (κ2) is 10.3. The molecule has 1 amide bonds. The summed E-state index contributed by atoms with van der Waals surface area (Å²) in [6, 6.07) is 11.5. The van der Waals surface area contributed by atoms with Gasteiger partial charge in [0.2, 0.25) is 5.88 Å². The van der Waals surface area contributed by atoms with Crippen LogP contribution in [0.25, 0.3) is 5.69 Å². The molecule has 0 spiro atoms. The zero-order valence-corrected chi connectivity index (χ0v) is 22.6. The maximum Gasteiger partial charge on any atom is 0.410 e. The van der Waals surface area contributed by atoms with Gasteiger partial charge in [0.25, 0.3) is 0 Å². The number of carbonyl (C=O) groups is 1. The first-order chi connectivity index (χ1) is 17.7. The Balaban J connectivity index is 1.39. The van der Waals surface area contributed by atoms with E-state index in [2.05, 4.69) is 19.7 Å². The van der Waals surface area contributed by atoms with Crippen LogP contribution < -0.4 is 4.74 Å². The van der Waals surface area contributed by atoms with E-state index in [1.165, 1.54) is 0 Å². The molecule has 8 nitrogen and oxygen atoms in total. The molecule has 1 aliphatic heterocycles. The number of nitrogens with zero attached hydrogens (tertiary/aromatic N) is 5. The molecular weight excluding hydrogens is 490 g/mol. The lowest BCUT2D eigenvalue weighted by molar-refractivity contribution is 0.0221. The number of aromatic nitrogens is 4. The molecule has 196 valence electrons. The Hall–Kier alpha value is -3.13. The van der Waals surface area contributed by atoms with Gasteiger partial charge in [-0.2, -0.15) is 0 Å². The summed E-state index contributed by atoms with van der Waals surface area (Å²) in [4.78, 5) is 18.9. The van der Waals surface area contributed by atoms with E-state index in [1.54, 1.807) is 18.1 Å². The van der Waals surface area contributed by atoms with Crippen molar-refractivity contribution >= 4 is 17.7 Å². The summed E-state index contributed by atoms with van der Waals surface area (Å²) in [6.45, 7) is 5.62. The maximum absolute atomic E-state index is 12.9. The number of carbonyl (C=O) groups excluding carboxylic acids is 1. The lowest BCUT2D eigenvalue weighted by Gasteiger charge is -2.30. The average molecular weight is 524 g/mol. The van der Waals surface area contributed by atoms with Crippen LogP contribution in [0.15, 0.2) is 42.6 Å². The molecule has 37 heavy (non-hydrogen) atoms. The molecule has 1 aromatic carbocycles. The van der Waals surface area contributed by atoms with E-state index in [4.69, 9.17) is 21.1 Å². The minimum absolute atomic E-state index is 0.132. The zero-order chi connectivity index (χ0) is 26.2. The van der Waals surface area contributed by atoms with Crippen molar-refractivity contribution in [3.05, 3.63) is 64.8 Å². The number of halogens is 1. The molecule has 2 aliphatic rings. The van der Waals surface area contributed by atoms with Crippen molar-refractivity contribution in [2.24, 2.45) is 0 Å². The molecule has 1 fully saturated rings. The van der Waals surface area contributed by atoms with E-state index in [0.717, 1.165) is 48.6 Å². The van der Waals surface area contributed by atoms with Crippen molar-refractivity contribution in [2.45, 2.75) is 83.0 Å². The molecule has 3 aromatic rings. The predicted molar refractivity (Wildman–Crippen MR) is 141 cm³/mol. The highest BCUT2D eigenvalue weighted by atomic mass is 35.5. The van der Waals surface area contributed by atoms with Crippen molar-refractivity contribution in [1.29, 1.82) is 0 Å². The van der Waals surface area contributed by atoms with E-state index in [0.29, 0.717) is 23.7 Å². The van der Waals surface area contributed by atoms with Crippen molar-refractivity contribution < 1.29 is 14.3 Å². The van der Waals surface area contributed by atoms with Crippen molar-refractivity contribution in [1.82, 2.24) is 24.6 Å². The molecule has 0 radical (unpaired) electrons. The largest absolute Gasteiger partial charge is 0.474 e. The minimum atomic E-state index is -0.566. The van der Waals surface area contributed by atoms with Gasteiger partial charge in [-0.1, -0.05) is 17.7 Å². The van der Waals surface area contributed by atoms with Crippen molar-refractivity contribution in [3.8, 4) is 11.6 Å². The summed E-state index contributed by atoms with van der Waals surface area (Å²) in [5, 5.41) is 9.98. The number of hydrogen-bond donors (Lipinski definition) is 0.